The van der Waals surface area contributed by atoms with Crippen LogP contribution in [0.1, 0.15) is 84.5 Å². The Morgan fingerprint density at radius 2 is 1.78 bits per heavy atom. The lowest BCUT2D eigenvalue weighted by Crippen LogP contribution is -2.61. The molecule has 148 valence electrons. The Balaban J connectivity index is 1.47. The molecule has 0 bridgehead atoms. The van der Waals surface area contributed by atoms with E-state index in [0.29, 0.717) is 29.6 Å². The number of carbonyl (C=O) groups is 1. The van der Waals surface area contributed by atoms with Gasteiger partial charge in [0, 0.05) is 11.8 Å². The molecule has 2 nitrogen and oxygen atoms in total. The van der Waals surface area contributed by atoms with Crippen LogP contribution in [0.5, 0.6) is 0 Å². The monoisotopic (exact) mass is 368 g/mol. The predicted octanol–water partition coefficient (Wildman–Crippen LogP) is 5.61. The van der Waals surface area contributed by atoms with Crippen molar-refractivity contribution in [1.82, 2.24) is 0 Å². The van der Waals surface area contributed by atoms with Crippen molar-refractivity contribution < 1.29 is 9.90 Å². The van der Waals surface area contributed by atoms with E-state index >= 15 is 0 Å². The highest BCUT2D eigenvalue weighted by atomic mass is 16.3. The number of carbonyl (C=O) groups excluding carboxylic acids is 1. The summed E-state index contributed by atoms with van der Waals surface area (Å²) in [4.78, 5) is 11.6. The van der Waals surface area contributed by atoms with Gasteiger partial charge in [0.2, 0.25) is 0 Å². The predicted molar refractivity (Wildman–Crippen MR) is 108 cm³/mol. The Morgan fingerprint density at radius 1 is 0.926 bits per heavy atom. The molecular formula is C25H36O2. The van der Waals surface area contributed by atoms with Gasteiger partial charge in [-0.2, -0.15) is 0 Å². The lowest BCUT2D eigenvalue weighted by Gasteiger charge is -2.63. The number of fused-ring (bicyclic) bond motifs is 5. The molecule has 5 aliphatic carbocycles. The van der Waals surface area contributed by atoms with Crippen molar-refractivity contribution in [3.63, 3.8) is 0 Å². The molecule has 0 aliphatic heterocycles. The average molecular weight is 369 g/mol. The van der Waals surface area contributed by atoms with Gasteiger partial charge in [-0.15, -0.1) is 0 Å². The Labute approximate surface area is 164 Å². The second kappa shape index (κ2) is 6.05. The van der Waals surface area contributed by atoms with Crippen LogP contribution < -0.4 is 0 Å². The van der Waals surface area contributed by atoms with Crippen molar-refractivity contribution >= 4 is 5.78 Å². The normalized spacial score (nSPS) is 52.0. The maximum atomic E-state index is 12.2. The SMILES string of the molecule is CC12CCCCC1CCC1C2CCC2(C)C(C3=CCC(=O)C=C3)CCC12O. The first-order valence-corrected chi connectivity index (χ1v) is 11.5. The highest BCUT2D eigenvalue weighted by Crippen LogP contribution is 2.69. The fourth-order valence-electron chi connectivity index (χ4n) is 8.60. The van der Waals surface area contributed by atoms with Crippen molar-refractivity contribution in [3.8, 4) is 0 Å². The minimum Gasteiger partial charge on any atom is -0.389 e. The van der Waals surface area contributed by atoms with Crippen LogP contribution in [0.3, 0.4) is 0 Å². The number of ketones is 1. The fraction of sp³-hybridized carbons (Fsp3) is 0.800. The van der Waals surface area contributed by atoms with Crippen molar-refractivity contribution in [2.24, 2.45) is 34.5 Å². The van der Waals surface area contributed by atoms with Gasteiger partial charge in [0.25, 0.3) is 0 Å². The summed E-state index contributed by atoms with van der Waals surface area (Å²) in [7, 11) is 0. The Morgan fingerprint density at radius 3 is 2.56 bits per heavy atom. The number of hydrogen-bond donors (Lipinski definition) is 1. The van der Waals surface area contributed by atoms with Gasteiger partial charge in [0.05, 0.1) is 5.60 Å². The zero-order chi connectivity index (χ0) is 18.9. The third kappa shape index (κ3) is 2.38. The minimum absolute atomic E-state index is 0.0252. The summed E-state index contributed by atoms with van der Waals surface area (Å²) < 4.78 is 0. The molecule has 5 aliphatic rings. The molecule has 7 unspecified atom stereocenters. The van der Waals surface area contributed by atoms with Crippen LogP contribution in [-0.2, 0) is 4.79 Å². The molecular weight excluding hydrogens is 332 g/mol. The van der Waals surface area contributed by atoms with Gasteiger partial charge >= 0.3 is 0 Å². The van der Waals surface area contributed by atoms with E-state index in [1.807, 2.05) is 0 Å². The summed E-state index contributed by atoms with van der Waals surface area (Å²) in [6.45, 7) is 4.95. The van der Waals surface area contributed by atoms with Gasteiger partial charge < -0.3 is 5.11 Å². The third-order valence-electron chi connectivity index (χ3n) is 10.2. The quantitative estimate of drug-likeness (QED) is 0.653. The molecule has 0 aromatic heterocycles. The van der Waals surface area contributed by atoms with E-state index in [0.717, 1.165) is 25.2 Å². The zero-order valence-corrected chi connectivity index (χ0v) is 17.2. The summed E-state index contributed by atoms with van der Waals surface area (Å²) in [5, 5.41) is 12.2. The second-order valence-corrected chi connectivity index (χ2v) is 10.9. The largest absolute Gasteiger partial charge is 0.389 e. The molecule has 5 rings (SSSR count). The van der Waals surface area contributed by atoms with E-state index in [9.17, 15) is 9.90 Å². The maximum absolute atomic E-state index is 12.2. The highest BCUT2D eigenvalue weighted by molar-refractivity contribution is 5.92. The topological polar surface area (TPSA) is 37.3 Å². The van der Waals surface area contributed by atoms with Crippen LogP contribution in [-0.4, -0.2) is 16.5 Å². The van der Waals surface area contributed by atoms with Crippen molar-refractivity contribution in [2.75, 3.05) is 0 Å². The molecule has 4 saturated carbocycles. The first-order chi connectivity index (χ1) is 12.9. The standard InChI is InChI=1S/C25H36O2/c1-23-14-4-3-5-18(23)8-11-22-21(23)12-15-24(2)20(13-16-25(22,24)27)17-6-9-19(26)10-7-17/h6-7,9,18,20-22,27H,3-5,8,10-16H2,1-2H3. The smallest absolute Gasteiger partial charge is 0.159 e. The molecule has 0 spiro atoms. The first-order valence-electron chi connectivity index (χ1n) is 11.5. The van der Waals surface area contributed by atoms with E-state index in [1.54, 1.807) is 6.08 Å². The summed E-state index contributed by atoms with van der Waals surface area (Å²) in [6, 6.07) is 0. The maximum Gasteiger partial charge on any atom is 0.159 e. The third-order valence-corrected chi connectivity index (χ3v) is 10.2. The molecule has 27 heavy (non-hydrogen) atoms. The number of hydrogen-bond acceptors (Lipinski definition) is 2. The van der Waals surface area contributed by atoms with E-state index < -0.39 is 5.60 Å². The van der Waals surface area contributed by atoms with Gasteiger partial charge in [-0.05, 0) is 92.1 Å². The second-order valence-electron chi connectivity index (χ2n) is 10.9. The fourth-order valence-corrected chi connectivity index (χ4v) is 8.60. The molecule has 0 aromatic carbocycles. The van der Waals surface area contributed by atoms with Crippen LogP contribution in [0, 0.1) is 34.5 Å². The van der Waals surface area contributed by atoms with E-state index in [-0.39, 0.29) is 11.2 Å². The van der Waals surface area contributed by atoms with E-state index in [2.05, 4.69) is 26.0 Å². The molecule has 2 heteroatoms. The summed E-state index contributed by atoms with van der Waals surface area (Å²) in [6.07, 6.45) is 19.2. The van der Waals surface area contributed by atoms with Crippen molar-refractivity contribution in [1.29, 1.82) is 0 Å². The minimum atomic E-state index is -0.512. The van der Waals surface area contributed by atoms with Crippen LogP contribution >= 0.6 is 0 Å². The lowest BCUT2D eigenvalue weighted by molar-refractivity contribution is -0.203. The van der Waals surface area contributed by atoms with Crippen molar-refractivity contribution in [3.05, 3.63) is 23.8 Å². The average Bonchev–Trinajstić information content (AvgIpc) is 2.94. The highest BCUT2D eigenvalue weighted by Gasteiger charge is 2.67. The molecule has 0 heterocycles. The molecule has 7 atom stereocenters. The van der Waals surface area contributed by atoms with Gasteiger partial charge in [0.1, 0.15) is 0 Å². The summed E-state index contributed by atoms with van der Waals surface area (Å²) in [5.41, 5.74) is 1.25. The first kappa shape index (κ1) is 18.2. The van der Waals surface area contributed by atoms with E-state index in [1.165, 1.54) is 50.5 Å². The Kier molecular flexibility index (Phi) is 4.07. The molecule has 4 fully saturated rings. The molecule has 0 radical (unpaired) electrons. The molecule has 0 saturated heterocycles. The number of rotatable bonds is 1. The Bertz CT molecular complexity index is 705. The molecule has 1 N–H and O–H groups in total. The summed E-state index contributed by atoms with van der Waals surface area (Å²) >= 11 is 0. The van der Waals surface area contributed by atoms with E-state index in [4.69, 9.17) is 0 Å². The van der Waals surface area contributed by atoms with Gasteiger partial charge in [-0.25, -0.2) is 0 Å². The van der Waals surface area contributed by atoms with Crippen LogP contribution in [0.15, 0.2) is 23.8 Å². The van der Waals surface area contributed by atoms with Crippen LogP contribution in [0.25, 0.3) is 0 Å². The summed E-state index contributed by atoms with van der Waals surface area (Å²) in [5.74, 6) is 2.72. The molecule has 0 amide bonds. The van der Waals surface area contributed by atoms with Crippen molar-refractivity contribution in [2.45, 2.75) is 90.1 Å². The number of allylic oxidation sites excluding steroid dienone is 4. The molecule has 0 aromatic rings. The van der Waals surface area contributed by atoms with Crippen LogP contribution in [0.2, 0.25) is 0 Å². The lowest BCUT2D eigenvalue weighted by atomic mass is 9.43. The van der Waals surface area contributed by atoms with Gasteiger partial charge in [0.15, 0.2) is 5.78 Å². The van der Waals surface area contributed by atoms with Gasteiger partial charge in [-0.1, -0.05) is 38.8 Å². The van der Waals surface area contributed by atoms with Crippen LogP contribution in [0.4, 0.5) is 0 Å². The van der Waals surface area contributed by atoms with Gasteiger partial charge in [-0.3, -0.25) is 4.79 Å². The zero-order valence-electron chi connectivity index (χ0n) is 17.2. The number of aliphatic hydroxyl groups is 1. The Hall–Kier alpha value is -0.890.